The van der Waals surface area contributed by atoms with Crippen molar-refractivity contribution < 1.29 is 9.59 Å². The molecule has 1 aromatic rings. The molecule has 0 atom stereocenters. The molecule has 0 fully saturated rings. The molecule has 74 valence electrons. The molecule has 6 heteroatoms. The number of urea groups is 1. The fourth-order valence-electron chi connectivity index (χ4n) is 0.852. The van der Waals surface area contributed by atoms with Crippen molar-refractivity contribution in [3.8, 4) is 0 Å². The molecule has 0 saturated carbocycles. The molecule has 0 aliphatic rings. The van der Waals surface area contributed by atoms with Crippen molar-refractivity contribution in [3.05, 3.63) is 28.2 Å². The summed E-state index contributed by atoms with van der Waals surface area (Å²) in [5.41, 5.74) is 11.1. The minimum atomic E-state index is -0.886. The van der Waals surface area contributed by atoms with Crippen molar-refractivity contribution in [3.63, 3.8) is 0 Å². The van der Waals surface area contributed by atoms with Crippen LogP contribution in [0.3, 0.4) is 0 Å². The number of halogens is 1. The van der Waals surface area contributed by atoms with Crippen LogP contribution >= 0.6 is 15.9 Å². The van der Waals surface area contributed by atoms with Gasteiger partial charge in [-0.25, -0.2) is 4.79 Å². The molecule has 0 radical (unpaired) electrons. The molecule has 0 aromatic heterocycles. The van der Waals surface area contributed by atoms with E-state index < -0.39 is 11.9 Å². The number of amides is 3. The maximum absolute atomic E-state index is 11.2. The summed E-state index contributed by atoms with van der Waals surface area (Å²) in [4.78, 5) is 21.6. The Morgan fingerprint density at radius 2 is 2.00 bits per heavy atom. The third kappa shape index (κ3) is 2.46. The molecule has 0 spiro atoms. The van der Waals surface area contributed by atoms with Crippen LogP contribution in [0.25, 0.3) is 0 Å². The average Bonchev–Trinajstić information content (AvgIpc) is 2.08. The number of carbonyl (C=O) groups excluding carboxylic acids is 2. The fourth-order valence-corrected chi connectivity index (χ4v) is 1.23. The molecule has 0 aliphatic heterocycles. The van der Waals surface area contributed by atoms with Gasteiger partial charge in [0.2, 0.25) is 0 Å². The predicted molar refractivity (Wildman–Crippen MR) is 55.6 cm³/mol. The van der Waals surface area contributed by atoms with E-state index in [0.717, 1.165) is 0 Å². The van der Waals surface area contributed by atoms with Gasteiger partial charge in [-0.2, -0.15) is 0 Å². The van der Waals surface area contributed by atoms with Crippen LogP contribution in [0.1, 0.15) is 10.4 Å². The van der Waals surface area contributed by atoms with Crippen molar-refractivity contribution in [1.82, 2.24) is 5.32 Å². The van der Waals surface area contributed by atoms with E-state index in [0.29, 0.717) is 15.7 Å². The number of hydrogen-bond donors (Lipinski definition) is 3. The van der Waals surface area contributed by atoms with Crippen LogP contribution in [-0.2, 0) is 0 Å². The Hall–Kier alpha value is -1.56. The highest BCUT2D eigenvalue weighted by Crippen LogP contribution is 2.20. The third-order valence-electron chi connectivity index (χ3n) is 1.50. The van der Waals surface area contributed by atoms with E-state index >= 15 is 0 Å². The Morgan fingerprint density at radius 1 is 1.36 bits per heavy atom. The monoisotopic (exact) mass is 257 g/mol. The molecule has 0 bridgehead atoms. The Labute approximate surface area is 88.6 Å². The largest absolute Gasteiger partial charge is 0.398 e. The first-order valence-corrected chi connectivity index (χ1v) is 4.46. The Balaban J connectivity index is 2.91. The lowest BCUT2D eigenvalue weighted by atomic mass is 10.2. The van der Waals surface area contributed by atoms with Gasteiger partial charge in [0.15, 0.2) is 0 Å². The summed E-state index contributed by atoms with van der Waals surface area (Å²) in [6.45, 7) is 0. The van der Waals surface area contributed by atoms with Gasteiger partial charge in [0, 0.05) is 15.7 Å². The molecule has 1 rings (SSSR count). The number of nitrogen functional groups attached to an aromatic ring is 1. The molecular weight excluding hydrogens is 250 g/mol. The van der Waals surface area contributed by atoms with Crippen LogP contribution < -0.4 is 16.8 Å². The quantitative estimate of drug-likeness (QED) is 0.651. The summed E-state index contributed by atoms with van der Waals surface area (Å²) < 4.78 is 0.592. The first-order valence-electron chi connectivity index (χ1n) is 3.66. The number of benzene rings is 1. The van der Waals surface area contributed by atoms with E-state index in [1.165, 1.54) is 12.1 Å². The van der Waals surface area contributed by atoms with Crippen molar-refractivity contribution in [2.24, 2.45) is 5.73 Å². The van der Waals surface area contributed by atoms with Crippen LogP contribution in [0.15, 0.2) is 22.7 Å². The normalized spacial score (nSPS) is 9.50. The van der Waals surface area contributed by atoms with Crippen molar-refractivity contribution in [2.45, 2.75) is 0 Å². The van der Waals surface area contributed by atoms with E-state index in [2.05, 4.69) is 15.9 Å². The number of carbonyl (C=O) groups is 2. The molecule has 5 nitrogen and oxygen atoms in total. The van der Waals surface area contributed by atoms with Crippen LogP contribution in [0.4, 0.5) is 10.5 Å². The minimum Gasteiger partial charge on any atom is -0.398 e. The number of nitrogens with one attached hydrogen (secondary N) is 1. The van der Waals surface area contributed by atoms with E-state index in [9.17, 15) is 9.59 Å². The lowest BCUT2D eigenvalue weighted by Gasteiger charge is -2.02. The third-order valence-corrected chi connectivity index (χ3v) is 2.19. The zero-order valence-electron chi connectivity index (χ0n) is 7.08. The fraction of sp³-hybridized carbons (Fsp3) is 0. The van der Waals surface area contributed by atoms with Gasteiger partial charge in [0.25, 0.3) is 5.91 Å². The number of nitrogens with two attached hydrogens (primary N) is 2. The maximum Gasteiger partial charge on any atom is 0.319 e. The number of imide groups is 1. The second-order valence-corrected chi connectivity index (χ2v) is 3.41. The number of rotatable bonds is 1. The standard InChI is InChI=1S/C8H8BrN3O2/c9-5-3-4(1-2-6(5)10)7(13)12-8(11)14/h1-3H,10H2,(H3,11,12,13,14). The molecule has 0 saturated heterocycles. The smallest absolute Gasteiger partial charge is 0.319 e. The summed E-state index contributed by atoms with van der Waals surface area (Å²) in [5.74, 6) is -0.557. The average molecular weight is 258 g/mol. The van der Waals surface area contributed by atoms with Crippen LogP contribution in [-0.4, -0.2) is 11.9 Å². The molecule has 0 aliphatic carbocycles. The van der Waals surface area contributed by atoms with Gasteiger partial charge < -0.3 is 11.5 Å². The second-order valence-electron chi connectivity index (χ2n) is 2.55. The summed E-state index contributed by atoms with van der Waals surface area (Å²) in [6.07, 6.45) is 0. The lowest BCUT2D eigenvalue weighted by Crippen LogP contribution is -2.34. The van der Waals surface area contributed by atoms with Crippen LogP contribution in [0.2, 0.25) is 0 Å². The van der Waals surface area contributed by atoms with E-state index in [4.69, 9.17) is 11.5 Å². The predicted octanol–water partition coefficient (Wildman–Crippen LogP) is 0.840. The Morgan fingerprint density at radius 3 is 2.50 bits per heavy atom. The highest BCUT2D eigenvalue weighted by molar-refractivity contribution is 9.10. The van der Waals surface area contributed by atoms with Gasteiger partial charge in [0.1, 0.15) is 0 Å². The van der Waals surface area contributed by atoms with Gasteiger partial charge in [-0.1, -0.05) is 0 Å². The van der Waals surface area contributed by atoms with Crippen molar-refractivity contribution >= 4 is 33.6 Å². The molecule has 0 unspecified atom stereocenters. The van der Waals surface area contributed by atoms with Crippen molar-refractivity contribution in [1.29, 1.82) is 0 Å². The van der Waals surface area contributed by atoms with E-state index in [1.54, 1.807) is 6.07 Å². The maximum atomic E-state index is 11.2. The van der Waals surface area contributed by atoms with Crippen molar-refractivity contribution in [2.75, 3.05) is 5.73 Å². The molecule has 1 aromatic carbocycles. The summed E-state index contributed by atoms with van der Waals surface area (Å²) in [7, 11) is 0. The van der Waals surface area contributed by atoms with Crippen LogP contribution in [0.5, 0.6) is 0 Å². The van der Waals surface area contributed by atoms with Crippen LogP contribution in [0, 0.1) is 0 Å². The van der Waals surface area contributed by atoms with E-state index in [-0.39, 0.29) is 0 Å². The summed E-state index contributed by atoms with van der Waals surface area (Å²) >= 11 is 3.16. The number of anilines is 1. The molecule has 3 amide bonds. The SMILES string of the molecule is NC(=O)NC(=O)c1ccc(N)c(Br)c1. The number of hydrogen-bond acceptors (Lipinski definition) is 3. The molecule has 14 heavy (non-hydrogen) atoms. The zero-order valence-corrected chi connectivity index (χ0v) is 8.67. The second kappa shape index (κ2) is 4.10. The molecule has 0 heterocycles. The zero-order chi connectivity index (χ0) is 10.7. The summed E-state index contributed by atoms with van der Waals surface area (Å²) in [5, 5.41) is 1.94. The first kappa shape index (κ1) is 10.5. The molecular formula is C8H8BrN3O2. The minimum absolute atomic E-state index is 0.310. The highest BCUT2D eigenvalue weighted by atomic mass is 79.9. The number of primary amides is 1. The Bertz CT molecular complexity index is 392. The van der Waals surface area contributed by atoms with Gasteiger partial charge in [-0.05, 0) is 34.1 Å². The van der Waals surface area contributed by atoms with Gasteiger partial charge in [0.05, 0.1) is 0 Å². The highest BCUT2D eigenvalue weighted by Gasteiger charge is 2.08. The Kier molecular flexibility index (Phi) is 3.08. The first-order chi connectivity index (χ1) is 6.50. The van der Waals surface area contributed by atoms with Gasteiger partial charge >= 0.3 is 6.03 Å². The van der Waals surface area contributed by atoms with E-state index in [1.807, 2.05) is 5.32 Å². The summed E-state index contributed by atoms with van der Waals surface area (Å²) in [6, 6.07) is 3.68. The van der Waals surface area contributed by atoms with Gasteiger partial charge in [-0.15, -0.1) is 0 Å². The lowest BCUT2D eigenvalue weighted by molar-refractivity contribution is 0.0966. The molecule has 5 N–H and O–H groups in total. The van der Waals surface area contributed by atoms with Gasteiger partial charge in [-0.3, -0.25) is 10.1 Å². The topological polar surface area (TPSA) is 98.2 Å².